The van der Waals surface area contributed by atoms with Crippen LogP contribution in [-0.2, 0) is 14.4 Å². The molecule has 2 aliphatic heterocycles. The Morgan fingerprint density at radius 2 is 1.73 bits per heavy atom. The lowest BCUT2D eigenvalue weighted by atomic mass is 9.95. The number of amides is 2. The summed E-state index contributed by atoms with van der Waals surface area (Å²) in [6.07, 6.45) is 1.30. The fourth-order valence-corrected chi connectivity index (χ4v) is 3.26. The van der Waals surface area contributed by atoms with Crippen molar-refractivity contribution in [1.82, 2.24) is 9.80 Å². The number of hydrogen-bond donors (Lipinski definition) is 1. The van der Waals surface area contributed by atoms with E-state index in [2.05, 4.69) is 13.8 Å². The first-order valence-corrected chi connectivity index (χ1v) is 8.12. The van der Waals surface area contributed by atoms with Crippen molar-refractivity contribution in [2.24, 2.45) is 17.8 Å². The molecular formula is C16H26N2O4. The smallest absolute Gasteiger partial charge is 0.306 e. The Morgan fingerprint density at radius 3 is 2.23 bits per heavy atom. The summed E-state index contributed by atoms with van der Waals surface area (Å²) in [4.78, 5) is 39.2. The summed E-state index contributed by atoms with van der Waals surface area (Å²) in [7, 11) is 0. The van der Waals surface area contributed by atoms with E-state index in [1.165, 1.54) is 0 Å². The summed E-state index contributed by atoms with van der Waals surface area (Å²) in [6, 6.07) is 0.142. The zero-order chi connectivity index (χ0) is 16.4. The molecule has 6 heteroatoms. The Morgan fingerprint density at radius 1 is 1.14 bits per heavy atom. The number of likely N-dealkylation sites (tertiary alicyclic amines) is 2. The maximum atomic E-state index is 12.6. The van der Waals surface area contributed by atoms with E-state index in [-0.39, 0.29) is 36.1 Å². The predicted molar refractivity (Wildman–Crippen MR) is 81.1 cm³/mol. The van der Waals surface area contributed by atoms with Gasteiger partial charge in [-0.1, -0.05) is 13.8 Å². The number of carboxylic acid groups (broad SMARTS) is 1. The highest BCUT2D eigenvalue weighted by Crippen LogP contribution is 2.26. The molecule has 2 aliphatic rings. The van der Waals surface area contributed by atoms with Crippen LogP contribution in [0.3, 0.4) is 0 Å². The van der Waals surface area contributed by atoms with Crippen molar-refractivity contribution in [2.75, 3.05) is 19.6 Å². The van der Waals surface area contributed by atoms with E-state index in [1.54, 1.807) is 4.90 Å². The van der Waals surface area contributed by atoms with Crippen LogP contribution in [-0.4, -0.2) is 58.4 Å². The third-order valence-electron chi connectivity index (χ3n) is 5.12. The van der Waals surface area contributed by atoms with Crippen LogP contribution in [0.4, 0.5) is 0 Å². The van der Waals surface area contributed by atoms with Crippen LogP contribution in [0.1, 0.15) is 40.0 Å². The number of carbonyl (C=O) groups is 3. The fraction of sp³-hybridized carbons (Fsp3) is 0.812. The molecule has 124 valence electrons. The molecule has 0 bridgehead atoms. The lowest BCUT2D eigenvalue weighted by Gasteiger charge is -2.32. The highest BCUT2D eigenvalue weighted by atomic mass is 16.4. The van der Waals surface area contributed by atoms with Gasteiger partial charge in [0.25, 0.3) is 0 Å². The monoisotopic (exact) mass is 310 g/mol. The summed E-state index contributed by atoms with van der Waals surface area (Å²) >= 11 is 0. The molecule has 2 rings (SSSR count). The van der Waals surface area contributed by atoms with Gasteiger partial charge in [-0.05, 0) is 25.7 Å². The van der Waals surface area contributed by atoms with Gasteiger partial charge in [-0.3, -0.25) is 14.4 Å². The van der Waals surface area contributed by atoms with Gasteiger partial charge in [-0.2, -0.15) is 0 Å². The van der Waals surface area contributed by atoms with Crippen LogP contribution < -0.4 is 0 Å². The van der Waals surface area contributed by atoms with Crippen molar-refractivity contribution in [3.05, 3.63) is 0 Å². The number of hydrogen-bond acceptors (Lipinski definition) is 3. The molecule has 2 atom stereocenters. The van der Waals surface area contributed by atoms with Crippen molar-refractivity contribution in [2.45, 2.75) is 46.1 Å². The van der Waals surface area contributed by atoms with Gasteiger partial charge in [0.05, 0.1) is 11.8 Å². The molecule has 1 N–H and O–H groups in total. The van der Waals surface area contributed by atoms with Crippen LogP contribution in [0.5, 0.6) is 0 Å². The van der Waals surface area contributed by atoms with Crippen LogP contribution in [0, 0.1) is 17.8 Å². The highest BCUT2D eigenvalue weighted by Gasteiger charge is 2.40. The van der Waals surface area contributed by atoms with E-state index >= 15 is 0 Å². The van der Waals surface area contributed by atoms with Crippen molar-refractivity contribution >= 4 is 17.8 Å². The zero-order valence-corrected chi connectivity index (χ0v) is 13.6. The largest absolute Gasteiger partial charge is 0.481 e. The van der Waals surface area contributed by atoms with Gasteiger partial charge in [0.15, 0.2) is 0 Å². The van der Waals surface area contributed by atoms with E-state index < -0.39 is 5.97 Å². The van der Waals surface area contributed by atoms with Gasteiger partial charge in [0.1, 0.15) is 0 Å². The van der Waals surface area contributed by atoms with Crippen LogP contribution >= 0.6 is 0 Å². The molecule has 1 unspecified atom stereocenters. The summed E-state index contributed by atoms with van der Waals surface area (Å²) in [5.74, 6) is -0.957. The molecule has 0 aromatic rings. The van der Waals surface area contributed by atoms with Gasteiger partial charge in [-0.15, -0.1) is 0 Å². The Bertz CT molecular complexity index is 455. The van der Waals surface area contributed by atoms with Crippen molar-refractivity contribution in [3.8, 4) is 0 Å². The molecule has 2 heterocycles. The second kappa shape index (κ2) is 6.67. The van der Waals surface area contributed by atoms with E-state index in [1.807, 2.05) is 11.8 Å². The summed E-state index contributed by atoms with van der Waals surface area (Å²) < 4.78 is 0. The average Bonchev–Trinajstić information content (AvgIpc) is 2.87. The minimum atomic E-state index is -0.778. The molecule has 2 fully saturated rings. The van der Waals surface area contributed by atoms with Gasteiger partial charge in [-0.25, -0.2) is 0 Å². The number of aliphatic carboxylic acids is 1. The third-order valence-corrected chi connectivity index (χ3v) is 5.12. The SMILES string of the molecule is CC(C)[C@H](C)N1CC(C(=O)N2CCC(C(=O)O)CC2)CC1=O. The van der Waals surface area contributed by atoms with E-state index in [4.69, 9.17) is 5.11 Å². The Kier molecular flexibility index (Phi) is 5.08. The standard InChI is InChI=1S/C16H26N2O4/c1-10(2)11(3)18-9-13(8-14(18)19)15(20)17-6-4-12(5-7-17)16(21)22/h10-13H,4-9H2,1-3H3,(H,21,22)/t11-,13?/m0/s1. The second-order valence-electron chi connectivity index (χ2n) is 6.87. The summed E-state index contributed by atoms with van der Waals surface area (Å²) in [6.45, 7) is 7.64. The van der Waals surface area contributed by atoms with Crippen LogP contribution in [0.25, 0.3) is 0 Å². The first kappa shape index (κ1) is 16.8. The number of piperidine rings is 1. The van der Waals surface area contributed by atoms with Crippen molar-refractivity contribution in [3.63, 3.8) is 0 Å². The zero-order valence-electron chi connectivity index (χ0n) is 13.6. The second-order valence-corrected chi connectivity index (χ2v) is 6.87. The first-order valence-electron chi connectivity index (χ1n) is 8.12. The molecule has 22 heavy (non-hydrogen) atoms. The Hall–Kier alpha value is -1.59. The van der Waals surface area contributed by atoms with Gasteiger partial charge in [0.2, 0.25) is 11.8 Å². The molecule has 0 aromatic heterocycles. The minimum absolute atomic E-state index is 0.00986. The van der Waals surface area contributed by atoms with Crippen LogP contribution in [0.2, 0.25) is 0 Å². The minimum Gasteiger partial charge on any atom is -0.481 e. The maximum Gasteiger partial charge on any atom is 0.306 e. The highest BCUT2D eigenvalue weighted by molar-refractivity contribution is 5.89. The van der Waals surface area contributed by atoms with Crippen LogP contribution in [0.15, 0.2) is 0 Å². The Labute approximate surface area is 131 Å². The summed E-state index contributed by atoms with van der Waals surface area (Å²) in [5, 5.41) is 9.00. The molecule has 2 amide bonds. The maximum absolute atomic E-state index is 12.6. The number of rotatable bonds is 4. The van der Waals surface area contributed by atoms with E-state index in [0.29, 0.717) is 38.4 Å². The Balaban J connectivity index is 1.92. The number of carbonyl (C=O) groups excluding carboxylic acids is 2. The van der Waals surface area contributed by atoms with Gasteiger partial charge < -0.3 is 14.9 Å². The summed E-state index contributed by atoms with van der Waals surface area (Å²) in [5.41, 5.74) is 0. The predicted octanol–water partition coefficient (Wildman–Crippen LogP) is 1.20. The first-order chi connectivity index (χ1) is 10.3. The molecule has 0 saturated carbocycles. The van der Waals surface area contributed by atoms with Crippen molar-refractivity contribution in [1.29, 1.82) is 0 Å². The molecule has 6 nitrogen and oxygen atoms in total. The number of carboxylic acids is 1. The normalized spacial score (nSPS) is 24.9. The molecule has 2 saturated heterocycles. The van der Waals surface area contributed by atoms with Gasteiger partial charge >= 0.3 is 5.97 Å². The average molecular weight is 310 g/mol. The van der Waals surface area contributed by atoms with Gasteiger partial charge in [0, 0.05) is 32.1 Å². The topological polar surface area (TPSA) is 77.9 Å². The van der Waals surface area contributed by atoms with E-state index in [0.717, 1.165) is 0 Å². The van der Waals surface area contributed by atoms with E-state index in [9.17, 15) is 14.4 Å². The third kappa shape index (κ3) is 3.42. The molecule has 0 aromatic carbocycles. The fourth-order valence-electron chi connectivity index (χ4n) is 3.26. The molecular weight excluding hydrogens is 284 g/mol. The lowest BCUT2D eigenvalue weighted by molar-refractivity contribution is -0.146. The molecule has 0 spiro atoms. The van der Waals surface area contributed by atoms with Crippen molar-refractivity contribution < 1.29 is 19.5 Å². The molecule has 0 radical (unpaired) electrons. The quantitative estimate of drug-likeness (QED) is 0.846. The molecule has 0 aliphatic carbocycles. The number of nitrogens with zero attached hydrogens (tertiary/aromatic N) is 2. The lowest BCUT2D eigenvalue weighted by Crippen LogP contribution is -2.44.